The minimum absolute atomic E-state index is 0.275. The molecule has 0 aliphatic heterocycles. The second kappa shape index (κ2) is 8.22. The van der Waals surface area contributed by atoms with Gasteiger partial charge in [-0.15, -0.1) is 5.10 Å². The van der Waals surface area contributed by atoms with Gasteiger partial charge in [-0.2, -0.15) is 0 Å². The van der Waals surface area contributed by atoms with Gasteiger partial charge in [-0.25, -0.2) is 4.68 Å². The summed E-state index contributed by atoms with van der Waals surface area (Å²) in [5.74, 6) is 1.06. The summed E-state index contributed by atoms with van der Waals surface area (Å²) in [6, 6.07) is 13.1. The maximum atomic E-state index is 12.6. The highest BCUT2D eigenvalue weighted by molar-refractivity contribution is 9.10. The van der Waals surface area contributed by atoms with Crippen molar-refractivity contribution < 1.29 is 14.3 Å². The lowest BCUT2D eigenvalue weighted by molar-refractivity contribution is 0.0945. The van der Waals surface area contributed by atoms with E-state index in [0.717, 1.165) is 15.7 Å². The molecule has 0 atom stereocenters. The molecule has 140 valence electrons. The number of halogens is 1. The van der Waals surface area contributed by atoms with Crippen molar-refractivity contribution in [3.05, 3.63) is 63.9 Å². The third kappa shape index (κ3) is 4.11. The summed E-state index contributed by atoms with van der Waals surface area (Å²) < 4.78 is 13.1. The first-order valence-electron chi connectivity index (χ1n) is 8.21. The SMILES string of the molecule is COc1ccc(OC)c(CNC(=O)c2nnn(-c3cccc(Br)c3)c2C)c1. The summed E-state index contributed by atoms with van der Waals surface area (Å²) in [4.78, 5) is 12.6. The predicted molar refractivity (Wildman–Crippen MR) is 105 cm³/mol. The minimum Gasteiger partial charge on any atom is -0.497 e. The van der Waals surface area contributed by atoms with Crippen LogP contribution in [0.25, 0.3) is 5.69 Å². The lowest BCUT2D eigenvalue weighted by Crippen LogP contribution is -2.24. The lowest BCUT2D eigenvalue weighted by Gasteiger charge is -2.11. The van der Waals surface area contributed by atoms with E-state index in [1.54, 1.807) is 31.0 Å². The number of methoxy groups -OCH3 is 2. The zero-order valence-electron chi connectivity index (χ0n) is 15.2. The van der Waals surface area contributed by atoms with Gasteiger partial charge < -0.3 is 14.8 Å². The number of benzene rings is 2. The second-order valence-corrected chi connectivity index (χ2v) is 6.69. The van der Waals surface area contributed by atoms with Gasteiger partial charge in [-0.3, -0.25) is 4.79 Å². The monoisotopic (exact) mass is 430 g/mol. The van der Waals surface area contributed by atoms with Crippen molar-refractivity contribution in [2.45, 2.75) is 13.5 Å². The number of carbonyl (C=O) groups excluding carboxylic acids is 1. The van der Waals surface area contributed by atoms with Crippen molar-refractivity contribution in [2.75, 3.05) is 14.2 Å². The summed E-state index contributed by atoms with van der Waals surface area (Å²) in [5, 5.41) is 11.0. The molecule has 0 saturated carbocycles. The van der Waals surface area contributed by atoms with E-state index in [1.807, 2.05) is 37.3 Å². The molecule has 3 rings (SSSR count). The first kappa shape index (κ1) is 18.9. The van der Waals surface area contributed by atoms with E-state index in [9.17, 15) is 4.79 Å². The highest BCUT2D eigenvalue weighted by Gasteiger charge is 2.18. The van der Waals surface area contributed by atoms with Crippen LogP contribution in [-0.4, -0.2) is 35.1 Å². The number of rotatable bonds is 6. The molecular formula is C19H19BrN4O3. The van der Waals surface area contributed by atoms with E-state index in [4.69, 9.17) is 9.47 Å². The molecule has 3 aromatic rings. The van der Waals surface area contributed by atoms with Crippen LogP contribution in [0.15, 0.2) is 46.9 Å². The van der Waals surface area contributed by atoms with E-state index in [1.165, 1.54) is 0 Å². The Bertz CT molecular complexity index is 971. The Kier molecular flexibility index (Phi) is 5.75. The Morgan fingerprint density at radius 1 is 1.19 bits per heavy atom. The molecule has 2 aromatic carbocycles. The molecule has 27 heavy (non-hydrogen) atoms. The molecule has 1 N–H and O–H groups in total. The standard InChI is InChI=1S/C19H19BrN4O3/c1-12-18(22-23-24(12)15-6-4-5-14(20)10-15)19(25)21-11-13-9-16(26-2)7-8-17(13)27-3/h4-10H,11H2,1-3H3,(H,21,25). The van der Waals surface area contributed by atoms with Gasteiger partial charge in [0.05, 0.1) is 25.6 Å². The molecule has 0 fully saturated rings. The number of hydrogen-bond donors (Lipinski definition) is 1. The maximum Gasteiger partial charge on any atom is 0.274 e. The quantitative estimate of drug-likeness (QED) is 0.648. The fourth-order valence-electron chi connectivity index (χ4n) is 2.67. The molecule has 0 aliphatic rings. The minimum atomic E-state index is -0.307. The average molecular weight is 431 g/mol. The van der Waals surface area contributed by atoms with Crippen LogP contribution in [0.1, 0.15) is 21.7 Å². The smallest absolute Gasteiger partial charge is 0.274 e. The number of nitrogens with zero attached hydrogens (tertiary/aromatic N) is 3. The van der Waals surface area contributed by atoms with E-state index < -0.39 is 0 Å². The first-order chi connectivity index (χ1) is 13.0. The molecular weight excluding hydrogens is 412 g/mol. The Hall–Kier alpha value is -2.87. The summed E-state index contributed by atoms with van der Waals surface area (Å²) in [6.07, 6.45) is 0. The molecule has 0 bridgehead atoms. The average Bonchev–Trinajstić information content (AvgIpc) is 3.07. The molecule has 0 saturated heterocycles. The van der Waals surface area contributed by atoms with Gasteiger partial charge >= 0.3 is 0 Å². The van der Waals surface area contributed by atoms with Gasteiger partial charge in [-0.05, 0) is 43.3 Å². The van der Waals surface area contributed by atoms with Crippen LogP contribution >= 0.6 is 15.9 Å². The lowest BCUT2D eigenvalue weighted by atomic mass is 10.2. The van der Waals surface area contributed by atoms with Crippen molar-refractivity contribution in [3.63, 3.8) is 0 Å². The van der Waals surface area contributed by atoms with Crippen LogP contribution in [0, 0.1) is 6.92 Å². The molecule has 8 heteroatoms. The van der Waals surface area contributed by atoms with Crippen LogP contribution in [0.4, 0.5) is 0 Å². The van der Waals surface area contributed by atoms with Crippen LogP contribution in [-0.2, 0) is 6.54 Å². The molecule has 0 unspecified atom stereocenters. The molecule has 7 nitrogen and oxygen atoms in total. The van der Waals surface area contributed by atoms with Crippen LogP contribution < -0.4 is 14.8 Å². The van der Waals surface area contributed by atoms with Crippen LogP contribution in [0.2, 0.25) is 0 Å². The van der Waals surface area contributed by atoms with Crippen LogP contribution in [0.3, 0.4) is 0 Å². The van der Waals surface area contributed by atoms with E-state index in [-0.39, 0.29) is 18.1 Å². The molecule has 0 aliphatic carbocycles. The molecule has 0 spiro atoms. The van der Waals surface area contributed by atoms with Crippen molar-refractivity contribution in [2.24, 2.45) is 0 Å². The number of amides is 1. The van der Waals surface area contributed by atoms with Gasteiger partial charge in [-0.1, -0.05) is 27.2 Å². The maximum absolute atomic E-state index is 12.6. The molecule has 1 heterocycles. The topological polar surface area (TPSA) is 78.3 Å². The Balaban J connectivity index is 1.78. The van der Waals surface area contributed by atoms with E-state index in [2.05, 4.69) is 31.6 Å². The number of ether oxygens (including phenoxy) is 2. The Morgan fingerprint density at radius 3 is 2.70 bits per heavy atom. The number of carbonyl (C=O) groups is 1. The van der Waals surface area contributed by atoms with E-state index >= 15 is 0 Å². The summed E-state index contributed by atoms with van der Waals surface area (Å²) in [7, 11) is 3.18. The van der Waals surface area contributed by atoms with Gasteiger partial charge in [0, 0.05) is 16.6 Å². The van der Waals surface area contributed by atoms with Crippen molar-refractivity contribution >= 4 is 21.8 Å². The van der Waals surface area contributed by atoms with Gasteiger partial charge in [0.2, 0.25) is 0 Å². The normalized spacial score (nSPS) is 10.5. The Labute approximate surface area is 165 Å². The summed E-state index contributed by atoms with van der Waals surface area (Å²) >= 11 is 3.43. The summed E-state index contributed by atoms with van der Waals surface area (Å²) in [5.41, 5.74) is 2.56. The van der Waals surface area contributed by atoms with Crippen molar-refractivity contribution in [1.29, 1.82) is 0 Å². The highest BCUT2D eigenvalue weighted by atomic mass is 79.9. The molecule has 1 aromatic heterocycles. The van der Waals surface area contributed by atoms with Crippen LogP contribution in [0.5, 0.6) is 11.5 Å². The fraction of sp³-hybridized carbons (Fsp3) is 0.211. The molecule has 1 amide bonds. The second-order valence-electron chi connectivity index (χ2n) is 5.78. The van der Waals surface area contributed by atoms with Crippen molar-refractivity contribution in [3.8, 4) is 17.2 Å². The zero-order chi connectivity index (χ0) is 19.4. The first-order valence-corrected chi connectivity index (χ1v) is 9.00. The predicted octanol–water partition coefficient (Wildman–Crippen LogP) is 3.29. The third-order valence-electron chi connectivity index (χ3n) is 4.09. The third-order valence-corrected chi connectivity index (χ3v) is 4.58. The molecule has 0 radical (unpaired) electrons. The number of hydrogen-bond acceptors (Lipinski definition) is 5. The summed E-state index contributed by atoms with van der Waals surface area (Å²) in [6.45, 7) is 2.09. The van der Waals surface area contributed by atoms with E-state index in [0.29, 0.717) is 17.2 Å². The fourth-order valence-corrected chi connectivity index (χ4v) is 3.06. The largest absolute Gasteiger partial charge is 0.497 e. The number of nitrogens with one attached hydrogen (secondary N) is 1. The van der Waals surface area contributed by atoms with Gasteiger partial charge in [0.15, 0.2) is 5.69 Å². The highest BCUT2D eigenvalue weighted by Crippen LogP contribution is 2.24. The number of aromatic nitrogens is 3. The van der Waals surface area contributed by atoms with Gasteiger partial charge in [0.1, 0.15) is 11.5 Å². The zero-order valence-corrected chi connectivity index (χ0v) is 16.8. The van der Waals surface area contributed by atoms with Gasteiger partial charge in [0.25, 0.3) is 5.91 Å². The van der Waals surface area contributed by atoms with Crippen molar-refractivity contribution in [1.82, 2.24) is 20.3 Å². The Morgan fingerprint density at radius 2 is 2.00 bits per heavy atom.